The topological polar surface area (TPSA) is 64.7 Å². The van der Waals surface area contributed by atoms with Crippen LogP contribution in [0.5, 0.6) is 0 Å². The van der Waals surface area contributed by atoms with Gasteiger partial charge >= 0.3 is 0 Å². The Hall–Kier alpha value is -1.14. The van der Waals surface area contributed by atoms with E-state index in [4.69, 9.17) is 18.2 Å². The summed E-state index contributed by atoms with van der Waals surface area (Å²) in [6.07, 6.45) is 0. The number of fused-ring (bicyclic) bond motifs is 1. The molecule has 6 heteroatoms. The van der Waals surface area contributed by atoms with E-state index in [1.165, 1.54) is 11.4 Å². The van der Waals surface area contributed by atoms with E-state index in [2.05, 4.69) is 13.1 Å². The molecule has 0 atom stereocenters. The molecule has 0 fully saturated rings. The quantitative estimate of drug-likeness (QED) is 0.713. The van der Waals surface area contributed by atoms with Gasteiger partial charge in [-0.25, -0.2) is 0 Å². The minimum atomic E-state index is 0.629. The Bertz CT molecular complexity index is 494. The SMILES string of the molecule is Cc1c(N)c(N=S)c(C)c2c1N=S=[NH+]2. The number of nitrogens with one attached hydrogen (secondary N) is 1. The lowest BCUT2D eigenvalue weighted by Crippen LogP contribution is -2.56. The maximum atomic E-state index is 5.91. The monoisotopic (exact) mass is 225 g/mol. The summed E-state index contributed by atoms with van der Waals surface area (Å²) in [4.78, 5) is 0. The number of rotatable bonds is 1. The number of nitrogens with zero attached hydrogens (tertiary/aromatic N) is 2. The summed E-state index contributed by atoms with van der Waals surface area (Å²) in [6.45, 7) is 3.86. The van der Waals surface area contributed by atoms with E-state index in [1.54, 1.807) is 0 Å². The molecule has 0 spiro atoms. The number of benzene rings is 1. The minimum absolute atomic E-state index is 0.629. The van der Waals surface area contributed by atoms with Crippen molar-refractivity contribution in [3.8, 4) is 0 Å². The summed E-state index contributed by atoms with van der Waals surface area (Å²) in [6, 6.07) is 0. The van der Waals surface area contributed by atoms with E-state index in [-0.39, 0.29) is 0 Å². The molecule has 1 aliphatic heterocycles. The van der Waals surface area contributed by atoms with Crippen LogP contribution in [0.1, 0.15) is 11.1 Å². The summed E-state index contributed by atoms with van der Waals surface area (Å²) in [7, 11) is 0. The molecule has 0 saturated heterocycles. The smallest absolute Gasteiger partial charge is 0.253 e. The van der Waals surface area contributed by atoms with Crippen molar-refractivity contribution in [1.82, 2.24) is 0 Å². The van der Waals surface area contributed by atoms with Gasteiger partial charge in [0.1, 0.15) is 5.69 Å². The lowest BCUT2D eigenvalue weighted by molar-refractivity contribution is -0.314. The predicted octanol–water partition coefficient (Wildman–Crippen LogP) is 1.05. The second kappa shape index (κ2) is 3.21. The summed E-state index contributed by atoms with van der Waals surface area (Å²) >= 11 is 6.01. The van der Waals surface area contributed by atoms with E-state index >= 15 is 0 Å². The zero-order valence-corrected chi connectivity index (χ0v) is 9.42. The molecule has 0 aromatic heterocycles. The zero-order valence-electron chi connectivity index (χ0n) is 7.79. The van der Waals surface area contributed by atoms with Crippen molar-refractivity contribution in [1.29, 1.82) is 0 Å². The van der Waals surface area contributed by atoms with Crippen LogP contribution in [0.3, 0.4) is 0 Å². The first-order chi connectivity index (χ1) is 6.66. The van der Waals surface area contributed by atoms with Crippen LogP contribution < -0.4 is 10.1 Å². The van der Waals surface area contributed by atoms with E-state index in [0.29, 0.717) is 11.4 Å². The van der Waals surface area contributed by atoms with Crippen molar-refractivity contribution in [2.75, 3.05) is 5.73 Å². The third-order valence-corrected chi connectivity index (χ3v) is 3.11. The van der Waals surface area contributed by atoms with Gasteiger partial charge in [0.25, 0.3) is 17.0 Å². The van der Waals surface area contributed by atoms with Crippen LogP contribution in [0.15, 0.2) is 8.73 Å². The average molecular weight is 225 g/mol. The van der Waals surface area contributed by atoms with E-state index in [0.717, 1.165) is 22.5 Å². The van der Waals surface area contributed by atoms with E-state index in [9.17, 15) is 0 Å². The van der Waals surface area contributed by atoms with Crippen molar-refractivity contribution in [3.63, 3.8) is 0 Å². The second-order valence-electron chi connectivity index (χ2n) is 3.11. The summed E-state index contributed by atoms with van der Waals surface area (Å²) in [5, 5.41) is 0. The van der Waals surface area contributed by atoms with Gasteiger partial charge in [-0.05, 0) is 13.8 Å². The molecule has 0 bridgehead atoms. The molecular formula is C8H9N4S2+. The van der Waals surface area contributed by atoms with Crippen molar-refractivity contribution >= 4 is 46.5 Å². The molecule has 0 aliphatic carbocycles. The Balaban J connectivity index is 2.88. The Labute approximate surface area is 90.6 Å². The third kappa shape index (κ3) is 1.11. The van der Waals surface area contributed by atoms with Gasteiger partial charge < -0.3 is 5.73 Å². The fourth-order valence-corrected chi connectivity index (χ4v) is 2.40. The molecule has 0 amide bonds. The number of hydrogen-bond acceptors (Lipinski definition) is 4. The van der Waals surface area contributed by atoms with Crippen molar-refractivity contribution in [2.24, 2.45) is 8.73 Å². The van der Waals surface area contributed by atoms with Gasteiger partial charge in [0.2, 0.25) is 0 Å². The normalized spacial score (nSPS) is 12.4. The zero-order chi connectivity index (χ0) is 10.3. The largest absolute Gasteiger partial charge is 0.397 e. The molecule has 1 aromatic carbocycles. The van der Waals surface area contributed by atoms with Gasteiger partial charge in [0.05, 0.1) is 11.3 Å². The first-order valence-electron chi connectivity index (χ1n) is 4.06. The maximum absolute atomic E-state index is 5.91. The van der Waals surface area contributed by atoms with Gasteiger partial charge in [-0.2, -0.15) is 4.36 Å². The van der Waals surface area contributed by atoms with Gasteiger partial charge in [-0.3, -0.25) is 0 Å². The molecule has 72 valence electrons. The van der Waals surface area contributed by atoms with Crippen LogP contribution >= 0.6 is 0 Å². The fourth-order valence-electron chi connectivity index (χ4n) is 1.46. The highest BCUT2D eigenvalue weighted by molar-refractivity contribution is 7.54. The molecule has 2 rings (SSSR count). The number of nitrogen functional groups attached to an aromatic ring is 1. The molecule has 14 heavy (non-hydrogen) atoms. The minimum Gasteiger partial charge on any atom is -0.397 e. The highest BCUT2D eigenvalue weighted by atomic mass is 32.1. The summed E-state index contributed by atoms with van der Waals surface area (Å²) in [5.74, 6) is 0. The number of nitrogens with two attached hydrogens (primary N) is 1. The second-order valence-corrected chi connectivity index (χ2v) is 3.86. The van der Waals surface area contributed by atoms with Gasteiger partial charge in [0, 0.05) is 18.0 Å². The number of anilines is 1. The standard InChI is InChI=1S/C8H8N4S2/c1-3-5(9)6(10-13)4(2)8-7(3)11-14-12-8/h9H2,1-2H3/p+1. The molecule has 0 unspecified atom stereocenters. The summed E-state index contributed by atoms with van der Waals surface area (Å²) < 4.78 is 11.1. The van der Waals surface area contributed by atoms with E-state index in [1.807, 2.05) is 13.8 Å². The first-order valence-corrected chi connectivity index (χ1v) is 5.19. The maximum Gasteiger partial charge on any atom is 0.253 e. The van der Waals surface area contributed by atoms with Crippen molar-refractivity contribution < 1.29 is 4.36 Å². The van der Waals surface area contributed by atoms with Crippen LogP contribution in [0.25, 0.3) is 0 Å². The predicted molar refractivity (Wildman–Crippen MR) is 59.9 cm³/mol. The first kappa shape index (κ1) is 9.42. The van der Waals surface area contributed by atoms with Crippen LogP contribution in [-0.2, 0) is 23.8 Å². The van der Waals surface area contributed by atoms with Gasteiger partial charge in [-0.1, -0.05) is 0 Å². The highest BCUT2D eigenvalue weighted by Gasteiger charge is 2.23. The van der Waals surface area contributed by atoms with Crippen LogP contribution in [-0.4, -0.2) is 0 Å². The van der Waals surface area contributed by atoms with Crippen LogP contribution in [0, 0.1) is 13.8 Å². The van der Waals surface area contributed by atoms with Crippen LogP contribution in [0.4, 0.5) is 22.7 Å². The highest BCUT2D eigenvalue weighted by Crippen LogP contribution is 2.41. The van der Waals surface area contributed by atoms with Gasteiger partial charge in [-0.15, -0.1) is 8.73 Å². The van der Waals surface area contributed by atoms with Gasteiger partial charge in [0.15, 0.2) is 5.69 Å². The molecule has 1 heterocycles. The molecular weight excluding hydrogens is 216 g/mol. The Morgan fingerprint density at radius 1 is 1.43 bits per heavy atom. The fraction of sp³-hybridized carbons (Fsp3) is 0.250. The van der Waals surface area contributed by atoms with Crippen LogP contribution in [0.2, 0.25) is 0 Å². The lowest BCUT2D eigenvalue weighted by Gasteiger charge is -2.07. The summed E-state index contributed by atoms with van der Waals surface area (Å²) in [5.41, 5.74) is 11.0. The number of hydrogen-bond donors (Lipinski definition) is 2. The van der Waals surface area contributed by atoms with Crippen molar-refractivity contribution in [3.05, 3.63) is 11.1 Å². The molecule has 1 aliphatic rings. The molecule has 0 radical (unpaired) electrons. The molecule has 0 saturated carbocycles. The molecule has 4 nitrogen and oxygen atoms in total. The molecule has 3 N–H and O–H groups in total. The van der Waals surface area contributed by atoms with E-state index < -0.39 is 0 Å². The Kier molecular flexibility index (Phi) is 2.16. The Morgan fingerprint density at radius 3 is 2.79 bits per heavy atom. The average Bonchev–Trinajstić information content (AvgIpc) is 2.64. The van der Waals surface area contributed by atoms with Crippen molar-refractivity contribution in [2.45, 2.75) is 13.8 Å². The third-order valence-electron chi connectivity index (χ3n) is 2.36. The Morgan fingerprint density at radius 2 is 2.14 bits per heavy atom. The molecule has 1 aromatic rings. The lowest BCUT2D eigenvalue weighted by atomic mass is 10.0.